The first kappa shape index (κ1) is 23.3. The van der Waals surface area contributed by atoms with Crippen LogP contribution in [0.3, 0.4) is 0 Å². The van der Waals surface area contributed by atoms with Crippen LogP contribution in [-0.4, -0.2) is 49.4 Å². The summed E-state index contributed by atoms with van der Waals surface area (Å²) in [5, 5.41) is 36.1. The molecule has 8 heteroatoms. The van der Waals surface area contributed by atoms with Gasteiger partial charge < -0.3 is 45.7 Å². The zero-order valence-electron chi connectivity index (χ0n) is 8.49. The molecule has 0 saturated carbocycles. The summed E-state index contributed by atoms with van der Waals surface area (Å²) >= 11 is 8.99. The predicted molar refractivity (Wildman–Crippen MR) is 48.2 cm³/mol. The van der Waals surface area contributed by atoms with Crippen LogP contribution < -0.4 is 116 Å². The summed E-state index contributed by atoms with van der Waals surface area (Å²) in [7, 11) is 0. The van der Waals surface area contributed by atoms with E-state index >= 15 is 0 Å². The van der Waals surface area contributed by atoms with Crippen molar-refractivity contribution in [1.82, 2.24) is 0 Å². The maximum absolute atomic E-state index is 9.13. The summed E-state index contributed by atoms with van der Waals surface area (Å²) in [5.74, 6) is 0. The van der Waals surface area contributed by atoms with Crippen molar-refractivity contribution in [1.29, 1.82) is 0 Å². The van der Waals surface area contributed by atoms with Gasteiger partial charge >= 0.3 is 116 Å². The number of hydrogen-bond acceptors (Lipinski definition) is 6. The molecule has 4 nitrogen and oxygen atoms in total. The predicted octanol–water partition coefficient (Wildman–Crippen LogP) is -8.12. The Morgan fingerprint density at radius 3 is 1.36 bits per heavy atom. The fourth-order valence-corrected chi connectivity index (χ4v) is 0.970. The average molecular weight is 383 g/mol. The van der Waals surface area contributed by atoms with Gasteiger partial charge in [0.1, 0.15) is 12.2 Å². The Morgan fingerprint density at radius 2 is 1.14 bits per heavy atom. The number of aliphatic hydroxyl groups is 4. The second kappa shape index (κ2) is 12.2. The molecule has 0 aliphatic rings. The monoisotopic (exact) mass is 382 g/mol. The third-order valence-electron chi connectivity index (χ3n) is 1.47. The Bertz CT molecular complexity index is 125. The molecular formula is C6H12O4Rb2S2. The standard InChI is InChI=1S/C6H14O4S2.2Rb/c1-2(7)3(8)4(9)5(10)6(11)12;;/h2-12H,1H3;;/q;2*+1/p-2/t2?,3-,4+,5?;;/m0../s1. The summed E-state index contributed by atoms with van der Waals surface area (Å²) in [6.07, 6.45) is -5.42. The Hall–Kier alpha value is 4.15. The van der Waals surface area contributed by atoms with E-state index in [9.17, 15) is 0 Å². The quantitative estimate of drug-likeness (QED) is 0.361. The Balaban J connectivity index is -0.000000605. The van der Waals surface area contributed by atoms with Crippen molar-refractivity contribution >= 4 is 25.3 Å². The molecule has 14 heavy (non-hydrogen) atoms. The molecule has 0 amide bonds. The van der Waals surface area contributed by atoms with E-state index in [0.29, 0.717) is 0 Å². The van der Waals surface area contributed by atoms with Crippen LogP contribution in [0.25, 0.3) is 0 Å². The molecule has 0 saturated heterocycles. The summed E-state index contributed by atoms with van der Waals surface area (Å²) in [4.78, 5) is 0. The molecule has 0 fully saturated rings. The van der Waals surface area contributed by atoms with Crippen LogP contribution in [0, 0.1) is 0 Å². The van der Waals surface area contributed by atoms with Gasteiger partial charge in [-0.15, -0.1) is 0 Å². The molecule has 0 radical (unpaired) electrons. The van der Waals surface area contributed by atoms with Gasteiger partial charge in [0.25, 0.3) is 0 Å². The molecule has 0 aliphatic carbocycles. The van der Waals surface area contributed by atoms with Gasteiger partial charge in [-0.2, -0.15) is 0 Å². The summed E-state index contributed by atoms with van der Waals surface area (Å²) in [5.41, 5.74) is 0. The van der Waals surface area contributed by atoms with E-state index in [1.54, 1.807) is 0 Å². The molecule has 0 aliphatic heterocycles. The van der Waals surface area contributed by atoms with Crippen molar-refractivity contribution in [3.05, 3.63) is 0 Å². The Morgan fingerprint density at radius 1 is 0.786 bits per heavy atom. The van der Waals surface area contributed by atoms with Gasteiger partial charge in [0.2, 0.25) is 0 Å². The smallest absolute Gasteiger partial charge is 0.812 e. The molecule has 0 rings (SSSR count). The van der Waals surface area contributed by atoms with E-state index in [0.717, 1.165) is 0 Å². The molecule has 0 aromatic heterocycles. The molecule has 0 aromatic carbocycles. The van der Waals surface area contributed by atoms with Crippen molar-refractivity contribution in [2.24, 2.45) is 0 Å². The topological polar surface area (TPSA) is 80.9 Å². The fourth-order valence-electron chi connectivity index (χ4n) is 0.648. The second-order valence-electron chi connectivity index (χ2n) is 2.58. The molecule has 2 unspecified atom stereocenters. The van der Waals surface area contributed by atoms with Gasteiger partial charge in [0.05, 0.1) is 6.10 Å². The first-order valence-electron chi connectivity index (χ1n) is 3.41. The molecule has 0 spiro atoms. The van der Waals surface area contributed by atoms with E-state index in [1.807, 2.05) is 0 Å². The third kappa shape index (κ3) is 9.13. The van der Waals surface area contributed by atoms with Crippen LogP contribution >= 0.6 is 0 Å². The van der Waals surface area contributed by atoms with Gasteiger partial charge in [-0.3, -0.25) is 4.58 Å². The van der Waals surface area contributed by atoms with Gasteiger partial charge in [-0.1, -0.05) is 0 Å². The zero-order valence-corrected chi connectivity index (χ0v) is 20.0. The van der Waals surface area contributed by atoms with Crippen molar-refractivity contribution in [3.63, 3.8) is 0 Å². The van der Waals surface area contributed by atoms with E-state index in [4.69, 9.17) is 20.4 Å². The Labute approximate surface area is 193 Å². The molecule has 0 heterocycles. The minimum absolute atomic E-state index is 0. The van der Waals surface area contributed by atoms with Gasteiger partial charge in [0.15, 0.2) is 0 Å². The van der Waals surface area contributed by atoms with Crippen LogP contribution in [0.1, 0.15) is 6.92 Å². The summed E-state index contributed by atoms with van der Waals surface area (Å²) in [6.45, 7) is 1.29. The molecule has 0 aromatic rings. The molecular weight excluding hydrogens is 371 g/mol. The van der Waals surface area contributed by atoms with Crippen LogP contribution in [0.4, 0.5) is 0 Å². The molecule has 4 atom stereocenters. The van der Waals surface area contributed by atoms with Crippen molar-refractivity contribution in [2.45, 2.75) is 35.9 Å². The SMILES string of the molecule is CC(O)[C@H](O)[C@@H](O)C(O)C([S-])[S-].[Rb+].[Rb+]. The largest absolute Gasteiger partial charge is 1.00 e. The van der Waals surface area contributed by atoms with E-state index in [2.05, 4.69) is 25.3 Å². The normalized spacial score (nSPS) is 18.9. The van der Waals surface area contributed by atoms with Crippen molar-refractivity contribution < 1.29 is 137 Å². The van der Waals surface area contributed by atoms with Gasteiger partial charge in [-0.05, 0) is 6.92 Å². The zero-order chi connectivity index (χ0) is 9.89. The van der Waals surface area contributed by atoms with E-state index in [-0.39, 0.29) is 116 Å². The fraction of sp³-hybridized carbons (Fsp3) is 1.00. The molecule has 74 valence electrons. The van der Waals surface area contributed by atoms with Gasteiger partial charge in [-0.25, -0.2) is 0 Å². The van der Waals surface area contributed by atoms with E-state index < -0.39 is 29.0 Å². The minimum atomic E-state index is -1.50. The first-order valence-corrected chi connectivity index (χ1v) is 4.36. The maximum Gasteiger partial charge on any atom is 1.00 e. The second-order valence-corrected chi connectivity index (χ2v) is 3.89. The van der Waals surface area contributed by atoms with Crippen molar-refractivity contribution in [3.8, 4) is 0 Å². The molecule has 0 bridgehead atoms. The van der Waals surface area contributed by atoms with Crippen LogP contribution in [-0.2, 0) is 25.3 Å². The number of hydrogen-bond donors (Lipinski definition) is 4. The minimum Gasteiger partial charge on any atom is -0.812 e. The third-order valence-corrected chi connectivity index (χ3v) is 2.03. The van der Waals surface area contributed by atoms with Crippen molar-refractivity contribution in [2.75, 3.05) is 0 Å². The molecule has 4 N–H and O–H groups in total. The van der Waals surface area contributed by atoms with E-state index in [1.165, 1.54) is 6.92 Å². The van der Waals surface area contributed by atoms with Gasteiger partial charge in [0, 0.05) is 6.10 Å². The Kier molecular flexibility index (Phi) is 20.3. The van der Waals surface area contributed by atoms with Crippen LogP contribution in [0.2, 0.25) is 0 Å². The van der Waals surface area contributed by atoms with Crippen LogP contribution in [0.15, 0.2) is 0 Å². The van der Waals surface area contributed by atoms with Crippen LogP contribution in [0.5, 0.6) is 0 Å². The average Bonchev–Trinajstić information content (AvgIpc) is 2.00. The number of aliphatic hydroxyl groups excluding tert-OH is 4. The number of rotatable bonds is 4. The summed E-state index contributed by atoms with van der Waals surface area (Å²) < 4.78 is -0.978. The summed E-state index contributed by atoms with van der Waals surface area (Å²) in [6, 6.07) is 0. The maximum atomic E-state index is 9.13. The first-order chi connectivity index (χ1) is 5.37.